The van der Waals surface area contributed by atoms with E-state index in [1.54, 1.807) is 0 Å². The van der Waals surface area contributed by atoms with Crippen LogP contribution in [-0.4, -0.2) is 25.2 Å². The quantitative estimate of drug-likeness (QED) is 0.454. The third-order valence-electron chi connectivity index (χ3n) is 1.42. The summed E-state index contributed by atoms with van der Waals surface area (Å²) >= 11 is 0. The van der Waals surface area contributed by atoms with Gasteiger partial charge in [-0.25, -0.2) is 0 Å². The Morgan fingerprint density at radius 2 is 2.40 bits per heavy atom. The lowest BCUT2D eigenvalue weighted by molar-refractivity contribution is -0.140. The predicted octanol–water partition coefficient (Wildman–Crippen LogP) is 0.301. The second-order valence-electron chi connectivity index (χ2n) is 2.57. The van der Waals surface area contributed by atoms with Gasteiger partial charge in [-0.1, -0.05) is 0 Å². The molecule has 0 heterocycles. The van der Waals surface area contributed by atoms with Gasteiger partial charge in [0, 0.05) is 19.5 Å². The van der Waals surface area contributed by atoms with Crippen molar-refractivity contribution >= 4 is 5.97 Å². The third-order valence-corrected chi connectivity index (χ3v) is 1.42. The average molecular weight is 143 g/mol. The SMILES string of the molecule is CC(=O)OCCNC1CC1. The zero-order valence-electron chi connectivity index (χ0n) is 6.22. The lowest BCUT2D eigenvalue weighted by atomic mass is 10.6. The molecule has 58 valence electrons. The molecule has 0 aromatic rings. The van der Waals surface area contributed by atoms with E-state index < -0.39 is 0 Å². The summed E-state index contributed by atoms with van der Waals surface area (Å²) in [5.74, 6) is -0.197. The van der Waals surface area contributed by atoms with Crippen molar-refractivity contribution in [2.75, 3.05) is 13.2 Å². The molecule has 0 aromatic heterocycles. The largest absolute Gasteiger partial charge is 0.465 e. The fraction of sp³-hybridized carbons (Fsp3) is 0.857. The molecule has 0 radical (unpaired) electrons. The first-order valence-corrected chi connectivity index (χ1v) is 3.66. The van der Waals surface area contributed by atoms with Crippen molar-refractivity contribution in [3.63, 3.8) is 0 Å². The third kappa shape index (κ3) is 3.45. The lowest BCUT2D eigenvalue weighted by Gasteiger charge is -2.01. The number of hydrogen-bond acceptors (Lipinski definition) is 3. The van der Waals surface area contributed by atoms with Gasteiger partial charge >= 0.3 is 5.97 Å². The molecule has 1 aliphatic rings. The molecular weight excluding hydrogens is 130 g/mol. The summed E-state index contributed by atoms with van der Waals surface area (Å²) in [7, 11) is 0. The summed E-state index contributed by atoms with van der Waals surface area (Å²) in [4.78, 5) is 10.3. The van der Waals surface area contributed by atoms with Crippen LogP contribution in [0, 0.1) is 0 Å². The van der Waals surface area contributed by atoms with E-state index in [1.807, 2.05) is 0 Å². The molecule has 0 spiro atoms. The first-order valence-electron chi connectivity index (χ1n) is 3.66. The molecule has 0 amide bonds. The van der Waals surface area contributed by atoms with Gasteiger partial charge in [-0.3, -0.25) is 4.79 Å². The average Bonchev–Trinajstić information content (AvgIpc) is 2.62. The van der Waals surface area contributed by atoms with Crippen LogP contribution in [0.4, 0.5) is 0 Å². The van der Waals surface area contributed by atoms with Crippen molar-refractivity contribution < 1.29 is 9.53 Å². The molecule has 0 atom stereocenters. The van der Waals surface area contributed by atoms with Crippen molar-refractivity contribution in [2.45, 2.75) is 25.8 Å². The van der Waals surface area contributed by atoms with E-state index in [9.17, 15) is 4.79 Å². The van der Waals surface area contributed by atoms with E-state index in [2.05, 4.69) is 5.32 Å². The number of hydrogen-bond donors (Lipinski definition) is 1. The van der Waals surface area contributed by atoms with E-state index in [4.69, 9.17) is 4.74 Å². The smallest absolute Gasteiger partial charge is 0.302 e. The van der Waals surface area contributed by atoms with Crippen molar-refractivity contribution in [3.05, 3.63) is 0 Å². The van der Waals surface area contributed by atoms with Crippen molar-refractivity contribution in [2.24, 2.45) is 0 Å². The molecule has 0 unspecified atom stereocenters. The van der Waals surface area contributed by atoms with Gasteiger partial charge in [-0.05, 0) is 12.8 Å². The number of nitrogens with one attached hydrogen (secondary N) is 1. The number of carbonyl (C=O) groups excluding carboxylic acids is 1. The van der Waals surface area contributed by atoms with Crippen molar-refractivity contribution in [1.29, 1.82) is 0 Å². The zero-order chi connectivity index (χ0) is 7.40. The molecule has 0 aliphatic heterocycles. The van der Waals surface area contributed by atoms with Crippen LogP contribution < -0.4 is 5.32 Å². The topological polar surface area (TPSA) is 38.3 Å². The maximum atomic E-state index is 10.3. The summed E-state index contributed by atoms with van der Waals surface area (Å²) in [6, 6.07) is 0.704. The maximum absolute atomic E-state index is 10.3. The highest BCUT2D eigenvalue weighted by Crippen LogP contribution is 2.17. The van der Waals surface area contributed by atoms with Crippen LogP contribution in [0.3, 0.4) is 0 Å². The van der Waals surface area contributed by atoms with E-state index in [0.29, 0.717) is 12.6 Å². The van der Waals surface area contributed by atoms with E-state index in [1.165, 1.54) is 19.8 Å². The van der Waals surface area contributed by atoms with Gasteiger partial charge in [0.1, 0.15) is 6.61 Å². The van der Waals surface area contributed by atoms with Gasteiger partial charge in [0.25, 0.3) is 0 Å². The van der Waals surface area contributed by atoms with Crippen LogP contribution in [0.2, 0.25) is 0 Å². The maximum Gasteiger partial charge on any atom is 0.302 e. The lowest BCUT2D eigenvalue weighted by Crippen LogP contribution is -2.22. The minimum absolute atomic E-state index is 0.197. The fourth-order valence-electron chi connectivity index (χ4n) is 0.745. The van der Waals surface area contributed by atoms with Gasteiger partial charge < -0.3 is 10.1 Å². The van der Waals surface area contributed by atoms with E-state index >= 15 is 0 Å². The fourth-order valence-corrected chi connectivity index (χ4v) is 0.745. The second kappa shape index (κ2) is 3.56. The Hall–Kier alpha value is -0.570. The van der Waals surface area contributed by atoms with Crippen LogP contribution in [0.1, 0.15) is 19.8 Å². The Morgan fingerprint density at radius 1 is 1.70 bits per heavy atom. The zero-order valence-corrected chi connectivity index (χ0v) is 6.22. The minimum Gasteiger partial charge on any atom is -0.465 e. The van der Waals surface area contributed by atoms with Gasteiger partial charge in [-0.15, -0.1) is 0 Å². The number of rotatable bonds is 4. The molecular formula is C7H13NO2. The predicted molar refractivity (Wildman–Crippen MR) is 37.7 cm³/mol. The van der Waals surface area contributed by atoms with Crippen molar-refractivity contribution in [3.8, 4) is 0 Å². The summed E-state index contributed by atoms with van der Waals surface area (Å²) in [5, 5.41) is 3.23. The standard InChI is InChI=1S/C7H13NO2/c1-6(9)10-5-4-8-7-2-3-7/h7-8H,2-5H2,1H3. The molecule has 1 rings (SSSR count). The van der Waals surface area contributed by atoms with Crippen LogP contribution in [-0.2, 0) is 9.53 Å². The molecule has 0 saturated heterocycles. The van der Waals surface area contributed by atoms with Crippen LogP contribution >= 0.6 is 0 Å². The molecule has 3 nitrogen and oxygen atoms in total. The molecule has 0 aromatic carbocycles. The Morgan fingerprint density at radius 3 is 2.90 bits per heavy atom. The molecule has 1 saturated carbocycles. The van der Waals surface area contributed by atoms with E-state index in [0.717, 1.165) is 6.54 Å². The molecule has 0 bridgehead atoms. The molecule has 1 fully saturated rings. The molecule has 10 heavy (non-hydrogen) atoms. The molecule has 1 aliphatic carbocycles. The Balaban J connectivity index is 1.80. The van der Waals surface area contributed by atoms with Crippen molar-refractivity contribution in [1.82, 2.24) is 5.32 Å². The summed E-state index contributed by atoms with van der Waals surface area (Å²) in [5.41, 5.74) is 0. The highest BCUT2D eigenvalue weighted by molar-refractivity contribution is 5.65. The first-order chi connectivity index (χ1) is 4.79. The normalized spacial score (nSPS) is 16.9. The Labute approximate surface area is 60.7 Å². The van der Waals surface area contributed by atoms with Gasteiger partial charge in [0.15, 0.2) is 0 Å². The monoisotopic (exact) mass is 143 g/mol. The number of ether oxygens (including phenoxy) is 1. The number of carbonyl (C=O) groups is 1. The molecule has 3 heteroatoms. The van der Waals surface area contributed by atoms with Crippen LogP contribution in [0.5, 0.6) is 0 Å². The summed E-state index contributed by atoms with van der Waals surface area (Å²) in [6.45, 7) is 2.73. The Bertz CT molecular complexity index is 121. The van der Waals surface area contributed by atoms with Crippen LogP contribution in [0.15, 0.2) is 0 Å². The first kappa shape index (κ1) is 7.54. The molecule has 1 N–H and O–H groups in total. The second-order valence-corrected chi connectivity index (χ2v) is 2.57. The highest BCUT2D eigenvalue weighted by Gasteiger charge is 2.19. The van der Waals surface area contributed by atoms with Gasteiger partial charge in [-0.2, -0.15) is 0 Å². The number of esters is 1. The minimum atomic E-state index is -0.197. The Kier molecular flexibility index (Phi) is 2.68. The van der Waals surface area contributed by atoms with Gasteiger partial charge in [0.2, 0.25) is 0 Å². The highest BCUT2D eigenvalue weighted by atomic mass is 16.5. The van der Waals surface area contributed by atoms with E-state index in [-0.39, 0.29) is 5.97 Å². The summed E-state index contributed by atoms with van der Waals surface area (Å²) in [6.07, 6.45) is 2.56. The summed E-state index contributed by atoms with van der Waals surface area (Å²) < 4.78 is 4.72. The van der Waals surface area contributed by atoms with Crippen LogP contribution in [0.25, 0.3) is 0 Å². The van der Waals surface area contributed by atoms with Gasteiger partial charge in [0.05, 0.1) is 0 Å².